The number of nitrogens with one attached hydrogen (secondary N) is 1. The highest BCUT2D eigenvalue weighted by molar-refractivity contribution is 5.44. The molecule has 1 rings (SSSR count). The highest BCUT2D eigenvalue weighted by Gasteiger charge is 2.12. The molecule has 1 heterocycles. The van der Waals surface area contributed by atoms with Gasteiger partial charge in [-0.15, -0.1) is 0 Å². The van der Waals surface area contributed by atoms with Crippen molar-refractivity contribution in [1.82, 2.24) is 15.0 Å². The average molecular weight is 266 g/mol. The molecule has 0 atom stereocenters. The standard InChI is InChI=1S/C13H26N6/c1-6-9-14-11-15-12(18(4)5)17-13(16-11)19(8-3)10-7-2/h6-10H2,1-5H3,(H,14,15,16,17). The van der Waals surface area contributed by atoms with E-state index in [1.807, 2.05) is 19.0 Å². The average Bonchev–Trinajstić information content (AvgIpc) is 2.42. The molecule has 6 nitrogen and oxygen atoms in total. The first-order valence-electron chi connectivity index (χ1n) is 7.04. The molecule has 1 N–H and O–H groups in total. The Morgan fingerprint density at radius 3 is 2.16 bits per heavy atom. The van der Waals surface area contributed by atoms with Gasteiger partial charge in [-0.3, -0.25) is 0 Å². The van der Waals surface area contributed by atoms with Crippen molar-refractivity contribution in [2.75, 3.05) is 48.8 Å². The van der Waals surface area contributed by atoms with Gasteiger partial charge in [-0.25, -0.2) is 0 Å². The summed E-state index contributed by atoms with van der Waals surface area (Å²) in [5.74, 6) is 2.10. The Balaban J connectivity index is 3.03. The Hall–Kier alpha value is -1.59. The third-order valence-corrected chi connectivity index (χ3v) is 2.70. The molecule has 19 heavy (non-hydrogen) atoms. The molecule has 0 saturated heterocycles. The molecule has 0 fully saturated rings. The Labute approximate surface area is 116 Å². The van der Waals surface area contributed by atoms with Crippen LogP contribution in [0.5, 0.6) is 0 Å². The minimum absolute atomic E-state index is 0.658. The van der Waals surface area contributed by atoms with Gasteiger partial charge in [-0.1, -0.05) is 13.8 Å². The quantitative estimate of drug-likeness (QED) is 0.776. The van der Waals surface area contributed by atoms with Crippen molar-refractivity contribution in [2.24, 2.45) is 0 Å². The molecular formula is C13H26N6. The fourth-order valence-electron chi connectivity index (χ4n) is 1.68. The molecule has 1 aromatic heterocycles. The topological polar surface area (TPSA) is 57.2 Å². The molecule has 0 aliphatic heterocycles. The SMILES string of the molecule is CCCNc1nc(N(C)C)nc(N(CC)CCC)n1. The van der Waals surface area contributed by atoms with Crippen LogP contribution < -0.4 is 15.1 Å². The van der Waals surface area contributed by atoms with Crippen molar-refractivity contribution in [3.05, 3.63) is 0 Å². The molecule has 0 radical (unpaired) electrons. The third-order valence-electron chi connectivity index (χ3n) is 2.70. The van der Waals surface area contributed by atoms with Gasteiger partial charge in [0, 0.05) is 33.7 Å². The van der Waals surface area contributed by atoms with E-state index in [1.54, 1.807) is 0 Å². The van der Waals surface area contributed by atoms with Crippen LogP contribution >= 0.6 is 0 Å². The van der Waals surface area contributed by atoms with Crippen LogP contribution in [0.4, 0.5) is 17.8 Å². The second-order valence-corrected chi connectivity index (χ2v) is 4.66. The smallest absolute Gasteiger partial charge is 0.231 e. The molecule has 0 aliphatic carbocycles. The van der Waals surface area contributed by atoms with Gasteiger partial charge in [0.2, 0.25) is 17.8 Å². The molecule has 0 spiro atoms. The monoisotopic (exact) mass is 266 g/mol. The van der Waals surface area contributed by atoms with Gasteiger partial charge in [0.1, 0.15) is 0 Å². The minimum atomic E-state index is 0.658. The second kappa shape index (κ2) is 7.76. The Morgan fingerprint density at radius 2 is 1.63 bits per heavy atom. The maximum atomic E-state index is 4.52. The maximum absolute atomic E-state index is 4.52. The molecule has 0 saturated carbocycles. The summed E-state index contributed by atoms with van der Waals surface area (Å²) in [5, 5.41) is 3.24. The van der Waals surface area contributed by atoms with Crippen LogP contribution in [0.15, 0.2) is 0 Å². The summed E-state index contributed by atoms with van der Waals surface area (Å²) < 4.78 is 0. The second-order valence-electron chi connectivity index (χ2n) is 4.66. The number of aromatic nitrogens is 3. The number of anilines is 3. The number of hydrogen-bond donors (Lipinski definition) is 1. The number of rotatable bonds is 8. The summed E-state index contributed by atoms with van der Waals surface area (Å²) in [6.07, 6.45) is 2.12. The van der Waals surface area contributed by atoms with E-state index in [1.165, 1.54) is 0 Å². The van der Waals surface area contributed by atoms with Gasteiger partial charge >= 0.3 is 0 Å². The Bertz CT molecular complexity index is 379. The van der Waals surface area contributed by atoms with Gasteiger partial charge in [0.15, 0.2) is 0 Å². The lowest BCUT2D eigenvalue weighted by atomic mass is 10.4. The van der Waals surface area contributed by atoms with Crippen LogP contribution in [0.25, 0.3) is 0 Å². The lowest BCUT2D eigenvalue weighted by Crippen LogP contribution is -2.27. The molecule has 0 amide bonds. The van der Waals surface area contributed by atoms with Crippen molar-refractivity contribution in [2.45, 2.75) is 33.6 Å². The zero-order valence-electron chi connectivity index (χ0n) is 12.8. The number of nitrogens with zero attached hydrogens (tertiary/aromatic N) is 5. The summed E-state index contributed by atoms with van der Waals surface area (Å²) in [6, 6.07) is 0. The molecule has 108 valence electrons. The Kier molecular flexibility index (Phi) is 6.32. The zero-order valence-corrected chi connectivity index (χ0v) is 12.8. The van der Waals surface area contributed by atoms with E-state index in [9.17, 15) is 0 Å². The molecule has 0 aromatic carbocycles. The van der Waals surface area contributed by atoms with Crippen molar-refractivity contribution in [3.63, 3.8) is 0 Å². The highest BCUT2D eigenvalue weighted by atomic mass is 15.3. The van der Waals surface area contributed by atoms with E-state index in [2.05, 4.69) is 45.9 Å². The summed E-state index contributed by atoms with van der Waals surface area (Å²) in [6.45, 7) is 9.13. The first-order valence-corrected chi connectivity index (χ1v) is 7.04. The third kappa shape index (κ3) is 4.54. The van der Waals surface area contributed by atoms with Crippen LogP contribution in [0, 0.1) is 0 Å². The van der Waals surface area contributed by atoms with E-state index in [4.69, 9.17) is 0 Å². The van der Waals surface area contributed by atoms with E-state index >= 15 is 0 Å². The fraction of sp³-hybridized carbons (Fsp3) is 0.769. The normalized spacial score (nSPS) is 10.4. The zero-order chi connectivity index (χ0) is 14.3. The summed E-state index contributed by atoms with van der Waals surface area (Å²) in [4.78, 5) is 17.5. The molecule has 0 unspecified atom stereocenters. The van der Waals surface area contributed by atoms with Crippen LogP contribution in [-0.2, 0) is 0 Å². The van der Waals surface area contributed by atoms with E-state index in [0.29, 0.717) is 11.9 Å². The van der Waals surface area contributed by atoms with Crippen LogP contribution in [-0.4, -0.2) is 48.7 Å². The molecule has 6 heteroatoms. The highest BCUT2D eigenvalue weighted by Crippen LogP contribution is 2.15. The van der Waals surface area contributed by atoms with Crippen molar-refractivity contribution < 1.29 is 0 Å². The first kappa shape index (κ1) is 15.5. The fourth-order valence-corrected chi connectivity index (χ4v) is 1.68. The first-order chi connectivity index (χ1) is 9.12. The van der Waals surface area contributed by atoms with E-state index in [0.717, 1.165) is 38.4 Å². The lowest BCUT2D eigenvalue weighted by Gasteiger charge is -2.22. The van der Waals surface area contributed by atoms with Crippen molar-refractivity contribution in [3.8, 4) is 0 Å². The van der Waals surface area contributed by atoms with Gasteiger partial charge in [-0.2, -0.15) is 15.0 Å². The predicted octanol–water partition coefficient (Wildman–Crippen LogP) is 2.00. The molecule has 0 bridgehead atoms. The van der Waals surface area contributed by atoms with Crippen LogP contribution in [0.2, 0.25) is 0 Å². The van der Waals surface area contributed by atoms with Gasteiger partial charge in [-0.05, 0) is 19.8 Å². The van der Waals surface area contributed by atoms with Crippen molar-refractivity contribution >= 4 is 17.8 Å². The lowest BCUT2D eigenvalue weighted by molar-refractivity contribution is 0.754. The van der Waals surface area contributed by atoms with Crippen LogP contribution in [0.3, 0.4) is 0 Å². The number of hydrogen-bond acceptors (Lipinski definition) is 6. The Morgan fingerprint density at radius 1 is 0.947 bits per heavy atom. The molecule has 0 aliphatic rings. The largest absolute Gasteiger partial charge is 0.354 e. The van der Waals surface area contributed by atoms with E-state index < -0.39 is 0 Å². The summed E-state index contributed by atoms with van der Waals surface area (Å²) >= 11 is 0. The summed E-state index contributed by atoms with van der Waals surface area (Å²) in [7, 11) is 3.89. The van der Waals surface area contributed by atoms with E-state index in [-0.39, 0.29) is 0 Å². The summed E-state index contributed by atoms with van der Waals surface area (Å²) in [5.41, 5.74) is 0. The molecule has 1 aromatic rings. The van der Waals surface area contributed by atoms with Crippen LogP contribution in [0.1, 0.15) is 33.6 Å². The van der Waals surface area contributed by atoms with Gasteiger partial charge in [0.25, 0.3) is 0 Å². The van der Waals surface area contributed by atoms with Gasteiger partial charge in [0.05, 0.1) is 0 Å². The molecular weight excluding hydrogens is 240 g/mol. The predicted molar refractivity (Wildman–Crippen MR) is 81.1 cm³/mol. The maximum Gasteiger partial charge on any atom is 0.231 e. The minimum Gasteiger partial charge on any atom is -0.354 e. The van der Waals surface area contributed by atoms with Gasteiger partial charge < -0.3 is 15.1 Å². The van der Waals surface area contributed by atoms with Crippen molar-refractivity contribution in [1.29, 1.82) is 0 Å².